The molecule has 1 heterocycles. The van der Waals surface area contributed by atoms with Crippen molar-refractivity contribution in [3.8, 4) is 0 Å². The lowest BCUT2D eigenvalue weighted by atomic mass is 10.1. The molecule has 0 saturated carbocycles. The number of amides is 1. The maximum absolute atomic E-state index is 12.4. The number of hydrogen-bond acceptors (Lipinski definition) is 7. The van der Waals surface area contributed by atoms with Gasteiger partial charge in [0.2, 0.25) is 10.0 Å². The van der Waals surface area contributed by atoms with Crippen LogP contribution in [0.4, 0.5) is 0 Å². The number of sulfone groups is 1. The average Bonchev–Trinajstić information content (AvgIpc) is 2.92. The number of rotatable bonds is 6. The lowest BCUT2D eigenvalue weighted by molar-refractivity contribution is -0.136. The second-order valence-electron chi connectivity index (χ2n) is 6.33. The fraction of sp³-hybridized carbons (Fsp3) is 0.500. The molecule has 11 heteroatoms. The second-order valence-corrected chi connectivity index (χ2v) is 10.1. The van der Waals surface area contributed by atoms with Crippen LogP contribution in [-0.4, -0.2) is 64.3 Å². The molecule has 0 radical (unpaired) electrons. The number of aryl methyl sites for hydroxylation is 1. The van der Waals surface area contributed by atoms with Crippen molar-refractivity contribution < 1.29 is 31.2 Å². The number of sulfonamides is 1. The van der Waals surface area contributed by atoms with Gasteiger partial charge in [0.05, 0.1) is 22.0 Å². The molecule has 9 nitrogen and oxygen atoms in total. The maximum Gasteiger partial charge on any atom is 0.338 e. The summed E-state index contributed by atoms with van der Waals surface area (Å²) < 4.78 is 51.1. The van der Waals surface area contributed by atoms with Gasteiger partial charge in [-0.25, -0.2) is 26.8 Å². The normalized spacial score (nSPS) is 18.9. The number of primary sulfonamides is 1. The third-order valence-electron chi connectivity index (χ3n) is 4.39. The van der Waals surface area contributed by atoms with Crippen molar-refractivity contribution in [1.82, 2.24) is 4.90 Å². The molecule has 1 aromatic carbocycles. The van der Waals surface area contributed by atoms with Gasteiger partial charge in [-0.3, -0.25) is 4.79 Å². The number of hydrogen-bond donors (Lipinski definition) is 1. The van der Waals surface area contributed by atoms with Crippen molar-refractivity contribution in [2.24, 2.45) is 5.14 Å². The van der Waals surface area contributed by atoms with Crippen molar-refractivity contribution in [1.29, 1.82) is 0 Å². The Morgan fingerprint density at radius 2 is 2.00 bits per heavy atom. The quantitative estimate of drug-likeness (QED) is 0.633. The molecule has 0 aromatic heterocycles. The zero-order valence-corrected chi connectivity index (χ0v) is 16.7. The Kier molecular flexibility index (Phi) is 6.28. The molecule has 2 N–H and O–H groups in total. The molecular weight excluding hydrogens is 396 g/mol. The molecule has 1 aliphatic heterocycles. The van der Waals surface area contributed by atoms with Crippen LogP contribution in [0.2, 0.25) is 0 Å². The van der Waals surface area contributed by atoms with Crippen molar-refractivity contribution in [3.05, 3.63) is 29.3 Å². The molecule has 1 amide bonds. The first kappa shape index (κ1) is 21.3. The maximum atomic E-state index is 12.4. The molecule has 2 rings (SSSR count). The summed E-state index contributed by atoms with van der Waals surface area (Å²) in [5, 5.41) is 5.06. The zero-order chi connectivity index (χ0) is 20.4. The van der Waals surface area contributed by atoms with Gasteiger partial charge < -0.3 is 9.64 Å². The predicted molar refractivity (Wildman–Crippen MR) is 97.3 cm³/mol. The Morgan fingerprint density at radius 3 is 2.52 bits per heavy atom. The lowest BCUT2D eigenvalue weighted by Crippen LogP contribution is -2.43. The summed E-state index contributed by atoms with van der Waals surface area (Å²) in [6.07, 6.45) is 0.353. The van der Waals surface area contributed by atoms with E-state index in [0.29, 0.717) is 12.0 Å². The molecular formula is C16H22N2O7S2. The molecule has 150 valence electrons. The van der Waals surface area contributed by atoms with Crippen LogP contribution < -0.4 is 5.14 Å². The SMILES string of the molecule is CCN(C(=O)COC(=O)c1cc(S(N)(=O)=O)ccc1C)C1CCS(=O)(=O)C1. The third-order valence-corrected chi connectivity index (χ3v) is 7.06. The number of carbonyl (C=O) groups excluding carboxylic acids is 2. The molecule has 1 aliphatic rings. The second kappa shape index (κ2) is 7.95. The van der Waals surface area contributed by atoms with Crippen molar-refractivity contribution in [2.75, 3.05) is 24.7 Å². The number of esters is 1. The Balaban J connectivity index is 2.07. The summed E-state index contributed by atoms with van der Waals surface area (Å²) in [5.74, 6) is -1.44. The van der Waals surface area contributed by atoms with Crippen molar-refractivity contribution in [2.45, 2.75) is 31.2 Å². The Morgan fingerprint density at radius 1 is 1.33 bits per heavy atom. The van der Waals surface area contributed by atoms with Crippen LogP contribution in [0, 0.1) is 6.92 Å². The van der Waals surface area contributed by atoms with Crippen LogP contribution in [0.1, 0.15) is 29.3 Å². The van der Waals surface area contributed by atoms with E-state index in [1.54, 1.807) is 13.8 Å². The molecule has 1 unspecified atom stereocenters. The highest BCUT2D eigenvalue weighted by Gasteiger charge is 2.34. The van der Waals surface area contributed by atoms with Crippen LogP contribution >= 0.6 is 0 Å². The lowest BCUT2D eigenvalue weighted by Gasteiger charge is -2.26. The minimum atomic E-state index is -3.99. The minimum absolute atomic E-state index is 0.0131. The molecule has 0 spiro atoms. The summed E-state index contributed by atoms with van der Waals surface area (Å²) in [6, 6.07) is 3.35. The summed E-state index contributed by atoms with van der Waals surface area (Å²) in [6.45, 7) is 3.02. The zero-order valence-electron chi connectivity index (χ0n) is 15.0. The number of nitrogens with zero attached hydrogens (tertiary/aromatic N) is 1. The minimum Gasteiger partial charge on any atom is -0.452 e. The van der Waals surface area contributed by atoms with Crippen LogP contribution in [0.5, 0.6) is 0 Å². The fourth-order valence-corrected chi connectivity index (χ4v) is 5.22. The van der Waals surface area contributed by atoms with Gasteiger partial charge >= 0.3 is 5.97 Å². The van der Waals surface area contributed by atoms with Gasteiger partial charge in [-0.15, -0.1) is 0 Å². The van der Waals surface area contributed by atoms with Crippen LogP contribution in [0.15, 0.2) is 23.1 Å². The monoisotopic (exact) mass is 418 g/mol. The van der Waals surface area contributed by atoms with E-state index < -0.39 is 44.4 Å². The van der Waals surface area contributed by atoms with Crippen molar-refractivity contribution >= 4 is 31.7 Å². The van der Waals surface area contributed by atoms with E-state index in [2.05, 4.69) is 0 Å². The molecule has 27 heavy (non-hydrogen) atoms. The summed E-state index contributed by atoms with van der Waals surface area (Å²) in [4.78, 5) is 25.8. The first-order valence-electron chi connectivity index (χ1n) is 8.25. The molecule has 0 aliphatic carbocycles. The highest BCUT2D eigenvalue weighted by Crippen LogP contribution is 2.19. The van der Waals surface area contributed by atoms with Crippen LogP contribution in [0.3, 0.4) is 0 Å². The number of benzene rings is 1. The topological polar surface area (TPSA) is 141 Å². The fourth-order valence-electron chi connectivity index (χ4n) is 2.95. The first-order chi connectivity index (χ1) is 12.4. The Bertz CT molecular complexity index is 955. The molecule has 1 fully saturated rings. The standard InChI is InChI=1S/C16H22N2O7S2/c1-3-18(12-6-7-26(21,22)10-12)15(19)9-25-16(20)14-8-13(27(17,23)24)5-4-11(14)2/h4-5,8,12H,3,6-7,9-10H2,1-2H3,(H2,17,23,24). The third kappa shape index (κ3) is 5.27. The van der Waals surface area contributed by atoms with E-state index in [1.807, 2.05) is 0 Å². The highest BCUT2D eigenvalue weighted by molar-refractivity contribution is 7.91. The molecule has 0 bridgehead atoms. The number of carbonyl (C=O) groups is 2. The van der Waals surface area contributed by atoms with Crippen LogP contribution in [0.25, 0.3) is 0 Å². The van der Waals surface area contributed by atoms with E-state index in [9.17, 15) is 26.4 Å². The average molecular weight is 418 g/mol. The van der Waals surface area contributed by atoms with E-state index >= 15 is 0 Å². The Hall–Kier alpha value is -1.98. The number of likely N-dealkylation sites (N-methyl/N-ethyl adjacent to an activating group) is 1. The molecule has 1 aromatic rings. The molecule has 1 atom stereocenters. The van der Waals surface area contributed by atoms with Gasteiger partial charge in [0.25, 0.3) is 5.91 Å². The number of ether oxygens (including phenoxy) is 1. The van der Waals surface area contributed by atoms with Gasteiger partial charge in [0, 0.05) is 12.6 Å². The van der Waals surface area contributed by atoms with Gasteiger partial charge in [-0.1, -0.05) is 6.07 Å². The summed E-state index contributed by atoms with van der Waals surface area (Å²) >= 11 is 0. The number of nitrogens with two attached hydrogens (primary N) is 1. The molecule has 1 saturated heterocycles. The van der Waals surface area contributed by atoms with E-state index in [0.717, 1.165) is 6.07 Å². The smallest absolute Gasteiger partial charge is 0.338 e. The van der Waals surface area contributed by atoms with Gasteiger partial charge in [0.15, 0.2) is 16.4 Å². The highest BCUT2D eigenvalue weighted by atomic mass is 32.2. The van der Waals surface area contributed by atoms with Gasteiger partial charge in [-0.2, -0.15) is 0 Å². The van der Waals surface area contributed by atoms with E-state index in [1.165, 1.54) is 17.0 Å². The largest absolute Gasteiger partial charge is 0.452 e. The predicted octanol–water partition coefficient (Wildman–Crippen LogP) is -0.165. The van der Waals surface area contributed by atoms with E-state index in [-0.39, 0.29) is 28.5 Å². The Labute approximate surface area is 158 Å². The first-order valence-corrected chi connectivity index (χ1v) is 11.6. The van der Waals surface area contributed by atoms with Gasteiger partial charge in [0.1, 0.15) is 0 Å². The summed E-state index contributed by atoms with van der Waals surface area (Å²) in [5.41, 5.74) is 0.454. The van der Waals surface area contributed by atoms with Crippen molar-refractivity contribution in [3.63, 3.8) is 0 Å². The van der Waals surface area contributed by atoms with Gasteiger partial charge in [-0.05, 0) is 38.0 Å². The summed E-state index contributed by atoms with van der Waals surface area (Å²) in [7, 11) is -7.14. The van der Waals surface area contributed by atoms with Crippen LogP contribution in [-0.2, 0) is 29.4 Å². The van der Waals surface area contributed by atoms with E-state index in [4.69, 9.17) is 9.88 Å².